The van der Waals surface area contributed by atoms with Gasteiger partial charge in [-0.25, -0.2) is 0 Å². The van der Waals surface area contributed by atoms with Gasteiger partial charge in [0.2, 0.25) is 0 Å². The maximum Gasteiger partial charge on any atom is 0.293 e. The number of carbonyl (C=O) groups excluding carboxylic acids is 1. The van der Waals surface area contributed by atoms with E-state index < -0.39 is 0 Å². The van der Waals surface area contributed by atoms with E-state index in [-0.39, 0.29) is 6.10 Å². The summed E-state index contributed by atoms with van der Waals surface area (Å²) in [4.78, 5) is 9.99. The molecule has 76 valence electrons. The highest BCUT2D eigenvalue weighted by molar-refractivity contribution is 5.38. The molecule has 0 aliphatic carbocycles. The highest BCUT2D eigenvalue weighted by Crippen LogP contribution is 2.15. The van der Waals surface area contributed by atoms with Gasteiger partial charge < -0.3 is 9.47 Å². The summed E-state index contributed by atoms with van der Waals surface area (Å²) < 4.78 is 10.1. The fraction of sp³-hybridized carbons (Fsp3) is 0.364. The standard InChI is InChI=1S/C11H14O3/c1-9(2)14-11-5-3-4-10(6-11)7-13-8-12/h3-6,8-9H,7H2,1-2H3. The molecule has 0 aromatic heterocycles. The van der Waals surface area contributed by atoms with Crippen LogP contribution in [0.4, 0.5) is 0 Å². The van der Waals surface area contributed by atoms with Crippen LogP contribution in [0.1, 0.15) is 19.4 Å². The van der Waals surface area contributed by atoms with Gasteiger partial charge in [-0.2, -0.15) is 0 Å². The number of ether oxygens (including phenoxy) is 2. The van der Waals surface area contributed by atoms with Crippen LogP contribution in [0.3, 0.4) is 0 Å². The van der Waals surface area contributed by atoms with Crippen molar-refractivity contribution in [3.05, 3.63) is 29.8 Å². The van der Waals surface area contributed by atoms with Gasteiger partial charge in [-0.1, -0.05) is 12.1 Å². The maximum absolute atomic E-state index is 9.99. The van der Waals surface area contributed by atoms with E-state index in [0.29, 0.717) is 13.1 Å². The van der Waals surface area contributed by atoms with Crippen LogP contribution in [0.25, 0.3) is 0 Å². The van der Waals surface area contributed by atoms with E-state index in [4.69, 9.17) is 4.74 Å². The van der Waals surface area contributed by atoms with Gasteiger partial charge in [0.15, 0.2) is 0 Å². The fourth-order valence-electron chi connectivity index (χ4n) is 1.11. The molecule has 0 aliphatic rings. The van der Waals surface area contributed by atoms with Gasteiger partial charge >= 0.3 is 0 Å². The molecule has 0 fully saturated rings. The minimum absolute atomic E-state index is 0.150. The van der Waals surface area contributed by atoms with Crippen LogP contribution in [0.2, 0.25) is 0 Å². The third-order valence-electron chi connectivity index (χ3n) is 1.59. The Kier molecular flexibility index (Phi) is 3.98. The van der Waals surface area contributed by atoms with Crippen LogP contribution in [-0.2, 0) is 16.1 Å². The quantitative estimate of drug-likeness (QED) is 0.674. The number of hydrogen-bond acceptors (Lipinski definition) is 3. The van der Waals surface area contributed by atoms with Crippen LogP contribution < -0.4 is 4.74 Å². The normalized spacial score (nSPS) is 9.93. The van der Waals surface area contributed by atoms with Crippen LogP contribution in [-0.4, -0.2) is 12.6 Å². The lowest BCUT2D eigenvalue weighted by Crippen LogP contribution is -2.05. The van der Waals surface area contributed by atoms with Gasteiger partial charge in [0.25, 0.3) is 6.47 Å². The number of hydrogen-bond donors (Lipinski definition) is 0. The third kappa shape index (κ3) is 3.47. The topological polar surface area (TPSA) is 35.5 Å². The number of benzene rings is 1. The van der Waals surface area contributed by atoms with Crippen LogP contribution >= 0.6 is 0 Å². The molecule has 0 saturated carbocycles. The number of rotatable bonds is 5. The second kappa shape index (κ2) is 5.27. The smallest absolute Gasteiger partial charge is 0.293 e. The van der Waals surface area contributed by atoms with Crippen molar-refractivity contribution < 1.29 is 14.3 Å². The Morgan fingerprint density at radius 1 is 1.43 bits per heavy atom. The molecule has 0 amide bonds. The van der Waals surface area contributed by atoms with Crippen molar-refractivity contribution in [2.75, 3.05) is 0 Å². The van der Waals surface area contributed by atoms with Crippen molar-refractivity contribution in [2.24, 2.45) is 0 Å². The molecular formula is C11H14O3. The molecule has 0 spiro atoms. The Morgan fingerprint density at radius 3 is 2.86 bits per heavy atom. The Hall–Kier alpha value is -1.51. The molecule has 0 aliphatic heterocycles. The molecule has 3 heteroatoms. The minimum atomic E-state index is 0.150. The molecule has 0 radical (unpaired) electrons. The van der Waals surface area contributed by atoms with Gasteiger partial charge in [0, 0.05) is 0 Å². The molecule has 0 unspecified atom stereocenters. The zero-order valence-electron chi connectivity index (χ0n) is 8.40. The summed E-state index contributed by atoms with van der Waals surface area (Å²) in [6.07, 6.45) is 0.150. The molecule has 0 bridgehead atoms. The highest BCUT2D eigenvalue weighted by atomic mass is 16.5. The van der Waals surface area contributed by atoms with Crippen LogP contribution in [0.15, 0.2) is 24.3 Å². The number of carbonyl (C=O) groups is 1. The molecule has 3 nitrogen and oxygen atoms in total. The Labute approximate surface area is 83.6 Å². The van der Waals surface area contributed by atoms with E-state index in [9.17, 15) is 4.79 Å². The molecular weight excluding hydrogens is 180 g/mol. The van der Waals surface area contributed by atoms with E-state index in [0.717, 1.165) is 11.3 Å². The molecule has 1 rings (SSSR count). The predicted octanol–water partition coefficient (Wildman–Crippen LogP) is 2.15. The molecule has 0 saturated heterocycles. The van der Waals surface area contributed by atoms with Crippen molar-refractivity contribution >= 4 is 6.47 Å². The largest absolute Gasteiger partial charge is 0.491 e. The first-order valence-electron chi connectivity index (χ1n) is 4.53. The first-order valence-corrected chi connectivity index (χ1v) is 4.53. The van der Waals surface area contributed by atoms with E-state index in [2.05, 4.69) is 4.74 Å². The SMILES string of the molecule is CC(C)Oc1cccc(COC=O)c1. The van der Waals surface area contributed by atoms with Gasteiger partial charge in [-0.3, -0.25) is 4.79 Å². The first-order chi connectivity index (χ1) is 6.72. The first kappa shape index (κ1) is 10.6. The summed E-state index contributed by atoms with van der Waals surface area (Å²) in [7, 11) is 0. The summed E-state index contributed by atoms with van der Waals surface area (Å²) in [5.41, 5.74) is 0.926. The van der Waals surface area contributed by atoms with E-state index in [1.807, 2.05) is 38.1 Å². The van der Waals surface area contributed by atoms with Crippen LogP contribution in [0, 0.1) is 0 Å². The second-order valence-corrected chi connectivity index (χ2v) is 3.22. The molecule has 1 aromatic rings. The zero-order chi connectivity index (χ0) is 10.4. The summed E-state index contributed by atoms with van der Waals surface area (Å²) in [6, 6.07) is 7.51. The van der Waals surface area contributed by atoms with Crippen molar-refractivity contribution in [2.45, 2.75) is 26.6 Å². The maximum atomic E-state index is 9.99. The lowest BCUT2D eigenvalue weighted by molar-refractivity contribution is -0.129. The Bertz CT molecular complexity index is 294. The molecule has 0 N–H and O–H groups in total. The predicted molar refractivity (Wildman–Crippen MR) is 53.1 cm³/mol. The highest BCUT2D eigenvalue weighted by Gasteiger charge is 1.99. The summed E-state index contributed by atoms with van der Waals surface area (Å²) in [5.74, 6) is 0.798. The van der Waals surface area contributed by atoms with E-state index in [1.165, 1.54) is 0 Å². The van der Waals surface area contributed by atoms with Crippen molar-refractivity contribution in [3.8, 4) is 5.75 Å². The average Bonchev–Trinajstić information content (AvgIpc) is 2.14. The Balaban J connectivity index is 2.63. The van der Waals surface area contributed by atoms with Gasteiger partial charge in [-0.15, -0.1) is 0 Å². The zero-order valence-corrected chi connectivity index (χ0v) is 8.40. The summed E-state index contributed by atoms with van der Waals surface area (Å²) in [6.45, 7) is 4.66. The van der Waals surface area contributed by atoms with Crippen LogP contribution in [0.5, 0.6) is 5.75 Å². The third-order valence-corrected chi connectivity index (χ3v) is 1.59. The fourth-order valence-corrected chi connectivity index (χ4v) is 1.11. The van der Waals surface area contributed by atoms with Gasteiger partial charge in [-0.05, 0) is 31.5 Å². The minimum Gasteiger partial charge on any atom is -0.491 e. The van der Waals surface area contributed by atoms with E-state index in [1.54, 1.807) is 0 Å². The molecule has 1 aromatic carbocycles. The van der Waals surface area contributed by atoms with Crippen molar-refractivity contribution in [1.82, 2.24) is 0 Å². The lowest BCUT2D eigenvalue weighted by Gasteiger charge is -2.10. The van der Waals surface area contributed by atoms with Crippen molar-refractivity contribution in [1.29, 1.82) is 0 Å². The average molecular weight is 194 g/mol. The monoisotopic (exact) mass is 194 g/mol. The van der Waals surface area contributed by atoms with Gasteiger partial charge in [0.05, 0.1) is 6.10 Å². The molecule has 0 heterocycles. The lowest BCUT2D eigenvalue weighted by atomic mass is 10.2. The molecule has 0 atom stereocenters. The Morgan fingerprint density at radius 2 is 2.21 bits per heavy atom. The summed E-state index contributed by atoms with van der Waals surface area (Å²) in [5, 5.41) is 0. The second-order valence-electron chi connectivity index (χ2n) is 3.22. The molecule has 14 heavy (non-hydrogen) atoms. The van der Waals surface area contributed by atoms with Crippen molar-refractivity contribution in [3.63, 3.8) is 0 Å². The summed E-state index contributed by atoms with van der Waals surface area (Å²) >= 11 is 0. The van der Waals surface area contributed by atoms with E-state index >= 15 is 0 Å². The van der Waals surface area contributed by atoms with Gasteiger partial charge in [0.1, 0.15) is 12.4 Å².